The molecule has 3 heteroatoms. The Labute approximate surface area is 103 Å². The van der Waals surface area contributed by atoms with Gasteiger partial charge in [-0.05, 0) is 49.8 Å². The Hall–Kier alpha value is -0.800. The van der Waals surface area contributed by atoms with Gasteiger partial charge in [0.25, 0.3) is 0 Å². The summed E-state index contributed by atoms with van der Waals surface area (Å²) in [6, 6.07) is 4.27. The predicted octanol–water partition coefficient (Wildman–Crippen LogP) is 2.73. The molecule has 2 N–H and O–H groups in total. The summed E-state index contributed by atoms with van der Waals surface area (Å²) in [4.78, 5) is 0. The molecule has 1 heterocycles. The summed E-state index contributed by atoms with van der Waals surface area (Å²) < 4.78 is 5.44. The molecule has 0 amide bonds. The minimum Gasteiger partial charge on any atom is -0.468 e. The van der Waals surface area contributed by atoms with Gasteiger partial charge in [-0.2, -0.15) is 0 Å². The van der Waals surface area contributed by atoms with Crippen LogP contribution in [0.3, 0.4) is 0 Å². The first-order chi connectivity index (χ1) is 8.35. The summed E-state index contributed by atoms with van der Waals surface area (Å²) in [7, 11) is 0. The van der Waals surface area contributed by atoms with Gasteiger partial charge in [0, 0.05) is 6.61 Å². The highest BCUT2D eigenvalue weighted by Crippen LogP contribution is 2.31. The highest BCUT2D eigenvalue weighted by atomic mass is 16.3. The van der Waals surface area contributed by atoms with E-state index in [1.54, 1.807) is 6.26 Å². The fraction of sp³-hybridized carbons (Fsp3) is 0.714. The molecule has 3 atom stereocenters. The molecule has 1 saturated carbocycles. The fourth-order valence-electron chi connectivity index (χ4n) is 2.85. The van der Waals surface area contributed by atoms with Gasteiger partial charge in [-0.3, -0.25) is 0 Å². The number of aliphatic hydroxyl groups excluding tert-OH is 1. The maximum atomic E-state index is 9.30. The lowest BCUT2D eigenvalue weighted by atomic mass is 9.96. The third-order valence-electron chi connectivity index (χ3n) is 3.97. The zero-order valence-electron chi connectivity index (χ0n) is 10.6. The minimum absolute atomic E-state index is 0.310. The number of furan rings is 1. The molecule has 2 rings (SSSR count). The van der Waals surface area contributed by atoms with Gasteiger partial charge in [-0.1, -0.05) is 13.3 Å². The lowest BCUT2D eigenvalue weighted by Crippen LogP contribution is -2.29. The van der Waals surface area contributed by atoms with Crippen molar-refractivity contribution in [2.45, 2.75) is 38.6 Å². The van der Waals surface area contributed by atoms with Crippen molar-refractivity contribution in [1.29, 1.82) is 0 Å². The van der Waals surface area contributed by atoms with Gasteiger partial charge in [-0.25, -0.2) is 0 Å². The monoisotopic (exact) mass is 237 g/mol. The Morgan fingerprint density at radius 1 is 1.47 bits per heavy atom. The van der Waals surface area contributed by atoms with Gasteiger partial charge in [0.05, 0.1) is 12.3 Å². The third-order valence-corrected chi connectivity index (χ3v) is 3.97. The number of hydrogen-bond acceptors (Lipinski definition) is 3. The summed E-state index contributed by atoms with van der Waals surface area (Å²) in [5.74, 6) is 2.15. The van der Waals surface area contributed by atoms with Crippen LogP contribution < -0.4 is 5.32 Å². The Balaban J connectivity index is 1.84. The smallest absolute Gasteiger partial charge is 0.120 e. The Kier molecular flexibility index (Phi) is 4.63. The van der Waals surface area contributed by atoms with E-state index in [4.69, 9.17) is 4.42 Å². The van der Waals surface area contributed by atoms with Crippen LogP contribution in [-0.2, 0) is 0 Å². The Morgan fingerprint density at radius 2 is 2.29 bits per heavy atom. The van der Waals surface area contributed by atoms with E-state index in [1.807, 2.05) is 12.1 Å². The van der Waals surface area contributed by atoms with Crippen molar-refractivity contribution < 1.29 is 9.52 Å². The average molecular weight is 237 g/mol. The van der Waals surface area contributed by atoms with E-state index in [9.17, 15) is 5.11 Å². The zero-order valence-corrected chi connectivity index (χ0v) is 10.6. The molecule has 3 unspecified atom stereocenters. The standard InChI is InChI=1S/C14H23NO2/c1-2-13(14-7-4-8-17-14)15-9-11-5-3-6-12(11)10-16/h4,7-8,11-13,15-16H,2-3,5-6,9-10H2,1H3. The highest BCUT2D eigenvalue weighted by Gasteiger charge is 2.27. The second-order valence-electron chi connectivity index (χ2n) is 5.02. The normalized spacial score (nSPS) is 26.2. The van der Waals surface area contributed by atoms with E-state index in [0.29, 0.717) is 24.5 Å². The van der Waals surface area contributed by atoms with Crippen LogP contribution in [0, 0.1) is 11.8 Å². The van der Waals surface area contributed by atoms with E-state index in [-0.39, 0.29) is 0 Å². The molecule has 1 aliphatic rings. The van der Waals surface area contributed by atoms with Crippen LogP contribution in [0.5, 0.6) is 0 Å². The molecule has 1 aromatic heterocycles. The fourth-order valence-corrected chi connectivity index (χ4v) is 2.85. The van der Waals surface area contributed by atoms with Crippen molar-refractivity contribution >= 4 is 0 Å². The molecule has 0 aromatic carbocycles. The van der Waals surface area contributed by atoms with Crippen molar-refractivity contribution in [3.05, 3.63) is 24.2 Å². The molecular weight excluding hydrogens is 214 g/mol. The van der Waals surface area contributed by atoms with E-state index >= 15 is 0 Å². The molecule has 0 bridgehead atoms. The van der Waals surface area contributed by atoms with Crippen molar-refractivity contribution in [1.82, 2.24) is 5.32 Å². The number of hydrogen-bond donors (Lipinski definition) is 2. The van der Waals surface area contributed by atoms with E-state index in [2.05, 4.69) is 12.2 Å². The zero-order chi connectivity index (χ0) is 12.1. The van der Waals surface area contributed by atoms with Crippen LogP contribution in [-0.4, -0.2) is 18.3 Å². The average Bonchev–Trinajstić information content (AvgIpc) is 2.99. The maximum Gasteiger partial charge on any atom is 0.120 e. The first-order valence-corrected chi connectivity index (χ1v) is 6.72. The minimum atomic E-state index is 0.310. The number of nitrogens with one attached hydrogen (secondary N) is 1. The quantitative estimate of drug-likeness (QED) is 0.799. The first-order valence-electron chi connectivity index (χ1n) is 6.72. The lowest BCUT2D eigenvalue weighted by Gasteiger charge is -2.21. The van der Waals surface area contributed by atoms with Gasteiger partial charge < -0.3 is 14.8 Å². The van der Waals surface area contributed by atoms with Crippen LogP contribution in [0.25, 0.3) is 0 Å². The largest absolute Gasteiger partial charge is 0.468 e. The van der Waals surface area contributed by atoms with Crippen LogP contribution in [0.4, 0.5) is 0 Å². The molecule has 17 heavy (non-hydrogen) atoms. The van der Waals surface area contributed by atoms with E-state index in [1.165, 1.54) is 19.3 Å². The van der Waals surface area contributed by atoms with Gasteiger partial charge in [-0.15, -0.1) is 0 Å². The van der Waals surface area contributed by atoms with Crippen LogP contribution >= 0.6 is 0 Å². The van der Waals surface area contributed by atoms with Crippen molar-refractivity contribution in [3.63, 3.8) is 0 Å². The lowest BCUT2D eigenvalue weighted by molar-refractivity contribution is 0.189. The second kappa shape index (κ2) is 6.22. The summed E-state index contributed by atoms with van der Waals surface area (Å²) in [5, 5.41) is 12.9. The molecule has 0 saturated heterocycles. The summed E-state index contributed by atoms with van der Waals surface area (Å²) in [6.45, 7) is 3.49. The van der Waals surface area contributed by atoms with E-state index < -0.39 is 0 Å². The molecule has 1 aromatic rings. The molecule has 3 nitrogen and oxygen atoms in total. The predicted molar refractivity (Wildman–Crippen MR) is 67.7 cm³/mol. The van der Waals surface area contributed by atoms with Gasteiger partial charge in [0.1, 0.15) is 5.76 Å². The molecular formula is C14H23NO2. The second-order valence-corrected chi connectivity index (χ2v) is 5.02. The van der Waals surface area contributed by atoms with Crippen molar-refractivity contribution in [3.8, 4) is 0 Å². The third kappa shape index (κ3) is 3.11. The van der Waals surface area contributed by atoms with Crippen LogP contribution in [0.1, 0.15) is 44.4 Å². The SMILES string of the molecule is CCC(NCC1CCCC1CO)c1ccco1. The summed E-state index contributed by atoms with van der Waals surface area (Å²) >= 11 is 0. The Morgan fingerprint density at radius 3 is 2.94 bits per heavy atom. The van der Waals surface area contributed by atoms with E-state index in [0.717, 1.165) is 18.7 Å². The summed E-state index contributed by atoms with van der Waals surface area (Å²) in [6.07, 6.45) is 6.44. The van der Waals surface area contributed by atoms with Crippen molar-refractivity contribution in [2.75, 3.05) is 13.2 Å². The molecule has 1 fully saturated rings. The topological polar surface area (TPSA) is 45.4 Å². The molecule has 0 spiro atoms. The van der Waals surface area contributed by atoms with Gasteiger partial charge in [0.2, 0.25) is 0 Å². The number of rotatable bonds is 6. The van der Waals surface area contributed by atoms with Gasteiger partial charge >= 0.3 is 0 Å². The van der Waals surface area contributed by atoms with Crippen LogP contribution in [0.15, 0.2) is 22.8 Å². The van der Waals surface area contributed by atoms with Gasteiger partial charge in [0.15, 0.2) is 0 Å². The maximum absolute atomic E-state index is 9.30. The summed E-state index contributed by atoms with van der Waals surface area (Å²) in [5.41, 5.74) is 0. The molecule has 96 valence electrons. The molecule has 0 aliphatic heterocycles. The highest BCUT2D eigenvalue weighted by molar-refractivity contribution is 5.04. The first kappa shape index (κ1) is 12.7. The Bertz CT molecular complexity index is 310. The van der Waals surface area contributed by atoms with Crippen molar-refractivity contribution in [2.24, 2.45) is 11.8 Å². The molecule has 1 aliphatic carbocycles. The number of aliphatic hydroxyl groups is 1. The molecule has 0 radical (unpaired) electrons. The van der Waals surface area contributed by atoms with Crippen LogP contribution in [0.2, 0.25) is 0 Å².